The van der Waals surface area contributed by atoms with Crippen LogP contribution in [0, 0.1) is 17.8 Å². The Morgan fingerprint density at radius 3 is 2.48 bits per heavy atom. The van der Waals surface area contributed by atoms with Crippen LogP contribution < -0.4 is 0 Å². The standard InChI is InChI=1S/C24H28O3/c1-16(2)19-14-13-17(3)15-22(19)26-24(18-9-5-4-6-10-18)21-12-8-7-11-20(21)23(25)27-24/h4-12,16-17,19,22H,13-15H2,1-3H3/t17-,19+,22-,24+/m1/s1. The first-order valence-electron chi connectivity index (χ1n) is 10.1. The molecule has 0 spiro atoms. The van der Waals surface area contributed by atoms with E-state index in [1.165, 1.54) is 6.42 Å². The lowest BCUT2D eigenvalue weighted by molar-refractivity contribution is -0.226. The van der Waals surface area contributed by atoms with Gasteiger partial charge in [0.2, 0.25) is 0 Å². The third-order valence-electron chi connectivity index (χ3n) is 6.17. The maximum Gasteiger partial charge on any atom is 0.341 e. The van der Waals surface area contributed by atoms with E-state index < -0.39 is 5.79 Å². The molecule has 0 amide bonds. The largest absolute Gasteiger partial charge is 0.420 e. The van der Waals surface area contributed by atoms with Crippen molar-refractivity contribution in [1.29, 1.82) is 0 Å². The second-order valence-corrected chi connectivity index (χ2v) is 8.40. The molecule has 142 valence electrons. The summed E-state index contributed by atoms with van der Waals surface area (Å²) in [5, 5.41) is 0. The first kappa shape index (κ1) is 18.2. The third-order valence-corrected chi connectivity index (χ3v) is 6.17. The van der Waals surface area contributed by atoms with Crippen LogP contribution in [-0.2, 0) is 15.3 Å². The maximum atomic E-state index is 12.7. The number of carbonyl (C=O) groups excluding carboxylic acids is 1. The van der Waals surface area contributed by atoms with Crippen molar-refractivity contribution in [2.24, 2.45) is 17.8 Å². The van der Waals surface area contributed by atoms with E-state index in [0.717, 1.165) is 24.0 Å². The average molecular weight is 364 g/mol. The summed E-state index contributed by atoms with van der Waals surface area (Å²) >= 11 is 0. The third kappa shape index (κ3) is 3.19. The molecule has 27 heavy (non-hydrogen) atoms. The predicted molar refractivity (Wildman–Crippen MR) is 105 cm³/mol. The van der Waals surface area contributed by atoms with E-state index in [1.807, 2.05) is 54.6 Å². The SMILES string of the molecule is CC(C)[C@@H]1CC[C@@H](C)C[C@H]1O[C@@]1(c2ccccc2)OC(=O)c2ccccc21. The molecule has 2 aromatic rings. The van der Waals surface area contributed by atoms with Gasteiger partial charge in [0.25, 0.3) is 5.79 Å². The Balaban J connectivity index is 1.80. The fourth-order valence-electron chi connectivity index (χ4n) is 4.68. The summed E-state index contributed by atoms with van der Waals surface area (Å²) < 4.78 is 12.8. The van der Waals surface area contributed by atoms with Gasteiger partial charge in [-0.2, -0.15) is 0 Å². The minimum Gasteiger partial charge on any atom is -0.420 e. The van der Waals surface area contributed by atoms with Gasteiger partial charge in [-0.3, -0.25) is 0 Å². The summed E-state index contributed by atoms with van der Waals surface area (Å²) in [5.41, 5.74) is 2.30. The van der Waals surface area contributed by atoms with Gasteiger partial charge in [-0.25, -0.2) is 4.79 Å². The Morgan fingerprint density at radius 2 is 1.74 bits per heavy atom. The number of carbonyl (C=O) groups is 1. The van der Waals surface area contributed by atoms with E-state index in [2.05, 4.69) is 20.8 Å². The Hall–Kier alpha value is -2.13. The summed E-state index contributed by atoms with van der Waals surface area (Å²) in [6.07, 6.45) is 3.45. The van der Waals surface area contributed by atoms with E-state index in [-0.39, 0.29) is 12.1 Å². The quantitative estimate of drug-likeness (QED) is 0.669. The van der Waals surface area contributed by atoms with E-state index in [1.54, 1.807) is 0 Å². The first-order chi connectivity index (χ1) is 13.0. The summed E-state index contributed by atoms with van der Waals surface area (Å²) in [5.74, 6) is 0.157. The highest BCUT2D eigenvalue weighted by Crippen LogP contribution is 2.47. The number of esters is 1. The van der Waals surface area contributed by atoms with E-state index >= 15 is 0 Å². The first-order valence-corrected chi connectivity index (χ1v) is 10.1. The second-order valence-electron chi connectivity index (χ2n) is 8.40. The minimum absolute atomic E-state index is 0.0629. The molecule has 4 atom stereocenters. The number of hydrogen-bond acceptors (Lipinski definition) is 3. The Kier molecular flexibility index (Phi) is 4.81. The molecule has 1 fully saturated rings. The number of fused-ring (bicyclic) bond motifs is 1. The molecule has 1 aliphatic carbocycles. The molecule has 2 aromatic carbocycles. The summed E-state index contributed by atoms with van der Waals surface area (Å²) in [6, 6.07) is 17.5. The van der Waals surface area contributed by atoms with E-state index in [4.69, 9.17) is 9.47 Å². The molecular weight excluding hydrogens is 336 g/mol. The van der Waals surface area contributed by atoms with Crippen LogP contribution in [0.5, 0.6) is 0 Å². The highest BCUT2D eigenvalue weighted by Gasteiger charge is 2.51. The molecule has 1 aliphatic heterocycles. The molecule has 0 bridgehead atoms. The van der Waals surface area contributed by atoms with Crippen molar-refractivity contribution in [3.63, 3.8) is 0 Å². The van der Waals surface area contributed by atoms with Crippen LogP contribution in [0.15, 0.2) is 54.6 Å². The molecule has 3 heteroatoms. The highest BCUT2D eigenvalue weighted by molar-refractivity contribution is 5.95. The molecule has 0 aromatic heterocycles. The number of cyclic esters (lactones) is 1. The summed E-state index contributed by atoms with van der Waals surface area (Å²) in [4.78, 5) is 12.7. The molecule has 0 unspecified atom stereocenters. The Morgan fingerprint density at radius 1 is 1.04 bits per heavy atom. The zero-order chi connectivity index (χ0) is 19.0. The monoisotopic (exact) mass is 364 g/mol. The Bertz CT molecular complexity index is 813. The van der Waals surface area contributed by atoms with Crippen molar-refractivity contribution in [3.05, 3.63) is 71.3 Å². The second kappa shape index (κ2) is 7.12. The van der Waals surface area contributed by atoms with Crippen LogP contribution in [0.2, 0.25) is 0 Å². The van der Waals surface area contributed by atoms with Gasteiger partial charge >= 0.3 is 5.97 Å². The molecule has 1 heterocycles. The molecule has 3 nitrogen and oxygen atoms in total. The van der Waals surface area contributed by atoms with Gasteiger partial charge in [-0.05, 0) is 36.7 Å². The molecule has 0 saturated heterocycles. The van der Waals surface area contributed by atoms with Crippen LogP contribution in [0.4, 0.5) is 0 Å². The lowest BCUT2D eigenvalue weighted by Gasteiger charge is -2.42. The highest BCUT2D eigenvalue weighted by atomic mass is 16.7. The normalized spacial score (nSPS) is 30.2. The zero-order valence-corrected chi connectivity index (χ0v) is 16.4. The number of hydrogen-bond donors (Lipinski definition) is 0. The van der Waals surface area contributed by atoms with Gasteiger partial charge in [0.15, 0.2) is 0 Å². The smallest absolute Gasteiger partial charge is 0.341 e. The number of rotatable bonds is 4. The molecule has 1 saturated carbocycles. The van der Waals surface area contributed by atoms with Gasteiger partial charge in [-0.1, -0.05) is 75.7 Å². The van der Waals surface area contributed by atoms with Crippen molar-refractivity contribution in [3.8, 4) is 0 Å². The van der Waals surface area contributed by atoms with Gasteiger partial charge in [-0.15, -0.1) is 0 Å². The van der Waals surface area contributed by atoms with Crippen molar-refractivity contribution >= 4 is 5.97 Å². The van der Waals surface area contributed by atoms with Crippen molar-refractivity contribution in [2.75, 3.05) is 0 Å². The van der Waals surface area contributed by atoms with Crippen LogP contribution in [0.1, 0.15) is 61.5 Å². The zero-order valence-electron chi connectivity index (χ0n) is 16.4. The van der Waals surface area contributed by atoms with Crippen molar-refractivity contribution in [2.45, 2.75) is 51.9 Å². The molecule has 2 aliphatic rings. The maximum absolute atomic E-state index is 12.7. The van der Waals surface area contributed by atoms with E-state index in [0.29, 0.717) is 23.3 Å². The van der Waals surface area contributed by atoms with Crippen LogP contribution in [0.25, 0.3) is 0 Å². The fourth-order valence-corrected chi connectivity index (χ4v) is 4.68. The van der Waals surface area contributed by atoms with Crippen molar-refractivity contribution in [1.82, 2.24) is 0 Å². The molecule has 4 rings (SSSR count). The summed E-state index contributed by atoms with van der Waals surface area (Å²) in [6.45, 7) is 6.82. The summed E-state index contributed by atoms with van der Waals surface area (Å²) in [7, 11) is 0. The number of ether oxygens (including phenoxy) is 2. The average Bonchev–Trinajstić information content (AvgIpc) is 2.96. The topological polar surface area (TPSA) is 35.5 Å². The molecule has 0 radical (unpaired) electrons. The fraction of sp³-hybridized carbons (Fsp3) is 0.458. The Labute approximate surface area is 161 Å². The lowest BCUT2D eigenvalue weighted by Crippen LogP contribution is -2.42. The van der Waals surface area contributed by atoms with Gasteiger partial charge in [0.05, 0.1) is 11.7 Å². The van der Waals surface area contributed by atoms with Gasteiger partial charge in [0, 0.05) is 11.1 Å². The number of benzene rings is 2. The van der Waals surface area contributed by atoms with Crippen LogP contribution in [-0.4, -0.2) is 12.1 Å². The van der Waals surface area contributed by atoms with Crippen molar-refractivity contribution < 1.29 is 14.3 Å². The van der Waals surface area contributed by atoms with Crippen LogP contribution >= 0.6 is 0 Å². The lowest BCUT2D eigenvalue weighted by atomic mass is 9.75. The predicted octanol–water partition coefficient (Wildman–Crippen LogP) is 5.54. The van der Waals surface area contributed by atoms with Gasteiger partial charge < -0.3 is 9.47 Å². The van der Waals surface area contributed by atoms with Gasteiger partial charge in [0.1, 0.15) is 0 Å². The molecular formula is C24H28O3. The minimum atomic E-state index is -1.15. The van der Waals surface area contributed by atoms with Crippen LogP contribution in [0.3, 0.4) is 0 Å². The molecule has 0 N–H and O–H groups in total. The van der Waals surface area contributed by atoms with E-state index in [9.17, 15) is 4.79 Å².